The lowest BCUT2D eigenvalue weighted by Crippen LogP contribution is -2.45. The Morgan fingerprint density at radius 2 is 1.50 bits per heavy atom. The average molecular weight is 166 g/mol. The standard InChI is InChI=1S/C12H20/c1-2-12-6-9-3-10(7-12)5-11(4-9)8-12/h9-11H,2-8H2,1H3/i2D2. The van der Waals surface area contributed by atoms with Gasteiger partial charge in [-0.3, -0.25) is 0 Å². The van der Waals surface area contributed by atoms with Crippen LogP contribution in [0.1, 0.15) is 54.6 Å². The Labute approximate surface area is 78.5 Å². The van der Waals surface area contributed by atoms with Gasteiger partial charge in [-0.25, -0.2) is 0 Å². The second kappa shape index (κ2) is 2.27. The van der Waals surface area contributed by atoms with Crippen LogP contribution in [0.5, 0.6) is 0 Å². The molecule has 4 saturated carbocycles. The van der Waals surface area contributed by atoms with Gasteiger partial charge in [0.25, 0.3) is 0 Å². The van der Waals surface area contributed by atoms with Crippen LogP contribution in [0.25, 0.3) is 0 Å². The molecule has 0 aromatic rings. The maximum absolute atomic E-state index is 8.08. The van der Waals surface area contributed by atoms with Crippen LogP contribution in [-0.2, 0) is 0 Å². The van der Waals surface area contributed by atoms with Crippen LogP contribution in [0.2, 0.25) is 0 Å². The van der Waals surface area contributed by atoms with Gasteiger partial charge in [0, 0.05) is 2.74 Å². The normalized spacial score (nSPS) is 59.9. The van der Waals surface area contributed by atoms with Crippen LogP contribution in [-0.4, -0.2) is 0 Å². The second-order valence-electron chi connectivity index (χ2n) is 5.45. The first-order valence-corrected chi connectivity index (χ1v) is 5.48. The summed E-state index contributed by atoms with van der Waals surface area (Å²) < 4.78 is 16.2. The van der Waals surface area contributed by atoms with Gasteiger partial charge in [0.1, 0.15) is 0 Å². The van der Waals surface area contributed by atoms with Crippen molar-refractivity contribution in [1.82, 2.24) is 0 Å². The van der Waals surface area contributed by atoms with E-state index in [0.29, 0.717) is 0 Å². The Morgan fingerprint density at radius 1 is 1.08 bits per heavy atom. The molecule has 4 rings (SSSR count). The molecule has 0 atom stereocenters. The minimum Gasteiger partial charge on any atom is -0.0649 e. The second-order valence-corrected chi connectivity index (χ2v) is 5.45. The molecule has 4 aliphatic carbocycles. The third-order valence-corrected chi connectivity index (χ3v) is 4.57. The van der Waals surface area contributed by atoms with Crippen LogP contribution >= 0.6 is 0 Å². The van der Waals surface area contributed by atoms with E-state index in [1.54, 1.807) is 0 Å². The molecule has 0 spiro atoms. The maximum Gasteiger partial charge on any atom is 0.0269 e. The Morgan fingerprint density at radius 3 is 1.83 bits per heavy atom. The summed E-state index contributed by atoms with van der Waals surface area (Å²) in [7, 11) is 0. The molecule has 4 aliphatic rings. The van der Waals surface area contributed by atoms with Crippen molar-refractivity contribution in [3.05, 3.63) is 0 Å². The van der Waals surface area contributed by atoms with Crippen molar-refractivity contribution in [3.8, 4) is 0 Å². The van der Waals surface area contributed by atoms with Gasteiger partial charge >= 0.3 is 0 Å². The molecule has 0 saturated heterocycles. The molecule has 0 amide bonds. The lowest BCUT2D eigenvalue weighted by Gasteiger charge is -2.56. The van der Waals surface area contributed by atoms with Crippen LogP contribution in [0, 0.1) is 23.2 Å². The molecule has 0 N–H and O–H groups in total. The molecule has 0 aromatic heterocycles. The monoisotopic (exact) mass is 166 g/mol. The predicted octanol–water partition coefficient (Wildman–Crippen LogP) is 3.61. The summed E-state index contributed by atoms with van der Waals surface area (Å²) in [5.41, 5.74) is 0.0712. The Hall–Kier alpha value is 0. The van der Waals surface area contributed by atoms with Crippen molar-refractivity contribution in [2.75, 3.05) is 0 Å². The van der Waals surface area contributed by atoms with E-state index in [0.717, 1.165) is 17.8 Å². The van der Waals surface area contributed by atoms with E-state index in [1.807, 2.05) is 6.92 Å². The smallest absolute Gasteiger partial charge is 0.0269 e. The van der Waals surface area contributed by atoms with E-state index in [4.69, 9.17) is 2.74 Å². The largest absolute Gasteiger partial charge is 0.0649 e. The van der Waals surface area contributed by atoms with Crippen molar-refractivity contribution in [2.45, 2.75) is 51.8 Å². The fraction of sp³-hybridized carbons (Fsp3) is 1.00. The van der Waals surface area contributed by atoms with Gasteiger partial charge in [-0.15, -0.1) is 0 Å². The third kappa shape index (κ3) is 0.900. The van der Waals surface area contributed by atoms with Gasteiger partial charge in [0.05, 0.1) is 0 Å². The first-order chi connectivity index (χ1) is 6.48. The Bertz CT molecular complexity index is 216. The summed E-state index contributed by atoms with van der Waals surface area (Å²) in [6.07, 6.45) is 6.84. The Balaban J connectivity index is 1.95. The quantitative estimate of drug-likeness (QED) is 0.558. The number of hydrogen-bond donors (Lipinski definition) is 0. The summed E-state index contributed by atoms with van der Waals surface area (Å²) in [5.74, 6) is 2.61. The van der Waals surface area contributed by atoms with Crippen molar-refractivity contribution < 1.29 is 2.74 Å². The van der Waals surface area contributed by atoms with Crippen LogP contribution < -0.4 is 0 Å². The van der Waals surface area contributed by atoms with Crippen LogP contribution in [0.3, 0.4) is 0 Å². The van der Waals surface area contributed by atoms with E-state index in [2.05, 4.69) is 0 Å². The molecular weight excluding hydrogens is 144 g/mol. The van der Waals surface area contributed by atoms with Crippen molar-refractivity contribution >= 4 is 0 Å². The lowest BCUT2D eigenvalue weighted by atomic mass is 9.49. The van der Waals surface area contributed by atoms with E-state index in [-0.39, 0.29) is 5.41 Å². The zero-order chi connectivity index (χ0) is 9.97. The zero-order valence-corrected chi connectivity index (χ0v) is 7.97. The van der Waals surface area contributed by atoms with E-state index in [9.17, 15) is 0 Å². The summed E-state index contributed by atoms with van der Waals surface area (Å²) in [4.78, 5) is 0. The highest BCUT2D eigenvalue weighted by atomic mass is 14.5. The molecule has 0 heteroatoms. The van der Waals surface area contributed by atoms with Gasteiger partial charge in [0.2, 0.25) is 0 Å². The van der Waals surface area contributed by atoms with E-state index >= 15 is 0 Å². The van der Waals surface area contributed by atoms with Gasteiger partial charge in [-0.2, -0.15) is 0 Å². The average Bonchev–Trinajstić information content (AvgIpc) is 1.98. The van der Waals surface area contributed by atoms with Crippen LogP contribution in [0.4, 0.5) is 0 Å². The van der Waals surface area contributed by atoms with Crippen LogP contribution in [0.15, 0.2) is 0 Å². The van der Waals surface area contributed by atoms with Crippen molar-refractivity contribution in [2.24, 2.45) is 23.2 Å². The highest BCUT2D eigenvalue weighted by Gasteiger charge is 2.49. The molecule has 4 bridgehead atoms. The number of rotatable bonds is 1. The highest BCUT2D eigenvalue weighted by Crippen LogP contribution is 2.61. The first-order valence-electron chi connectivity index (χ1n) is 6.48. The van der Waals surface area contributed by atoms with E-state index < -0.39 is 6.37 Å². The van der Waals surface area contributed by atoms with Gasteiger partial charge < -0.3 is 0 Å². The van der Waals surface area contributed by atoms with Crippen molar-refractivity contribution in [3.63, 3.8) is 0 Å². The van der Waals surface area contributed by atoms with Gasteiger partial charge in [-0.05, 0) is 61.7 Å². The molecule has 68 valence electrons. The molecule has 0 unspecified atom stereocenters. The minimum absolute atomic E-state index is 0.0712. The molecular formula is C12H20. The predicted molar refractivity (Wildman–Crippen MR) is 50.9 cm³/mol. The number of hydrogen-bond acceptors (Lipinski definition) is 0. The molecule has 0 aromatic carbocycles. The summed E-state index contributed by atoms with van der Waals surface area (Å²) in [6, 6.07) is 0. The van der Waals surface area contributed by atoms with Gasteiger partial charge in [0.15, 0.2) is 0 Å². The SMILES string of the molecule is [2H]C([2H])(C)C12CC3CC(CC(C3)C1)C2. The fourth-order valence-electron chi connectivity index (χ4n) is 4.42. The summed E-state index contributed by atoms with van der Waals surface area (Å²) in [5, 5.41) is 0. The Kier molecular flexibility index (Phi) is 1.07. The third-order valence-electron chi connectivity index (χ3n) is 4.57. The van der Waals surface area contributed by atoms with Crippen molar-refractivity contribution in [1.29, 1.82) is 0 Å². The molecule has 12 heavy (non-hydrogen) atoms. The molecule has 0 aliphatic heterocycles. The van der Waals surface area contributed by atoms with E-state index in [1.165, 1.54) is 38.5 Å². The summed E-state index contributed by atoms with van der Waals surface area (Å²) in [6.45, 7) is 1.82. The summed E-state index contributed by atoms with van der Waals surface area (Å²) >= 11 is 0. The fourth-order valence-corrected chi connectivity index (χ4v) is 4.42. The van der Waals surface area contributed by atoms with Gasteiger partial charge in [-0.1, -0.05) is 13.3 Å². The topological polar surface area (TPSA) is 0 Å². The maximum atomic E-state index is 8.08. The molecule has 0 nitrogen and oxygen atoms in total. The zero-order valence-electron chi connectivity index (χ0n) is 9.97. The molecule has 0 heterocycles. The highest BCUT2D eigenvalue weighted by molar-refractivity contribution is 5.00. The molecule has 4 fully saturated rings. The minimum atomic E-state index is -0.941. The first kappa shape index (κ1) is 5.67. The molecule has 0 radical (unpaired) electrons. The lowest BCUT2D eigenvalue weighted by molar-refractivity contribution is -0.0545.